The van der Waals surface area contributed by atoms with Crippen molar-refractivity contribution >= 4 is 34.7 Å². The first-order valence-corrected chi connectivity index (χ1v) is 13.1. The lowest BCUT2D eigenvalue weighted by atomic mass is 9.94. The molecule has 0 fully saturated rings. The third-order valence-electron chi connectivity index (χ3n) is 6.04. The van der Waals surface area contributed by atoms with Gasteiger partial charge in [-0.3, -0.25) is 0 Å². The van der Waals surface area contributed by atoms with Gasteiger partial charge in [0.2, 0.25) is 5.82 Å². The lowest BCUT2D eigenvalue weighted by molar-refractivity contribution is 0.395. The van der Waals surface area contributed by atoms with Crippen molar-refractivity contribution in [1.29, 1.82) is 0 Å². The summed E-state index contributed by atoms with van der Waals surface area (Å²) in [5.74, 6) is 1.87. The van der Waals surface area contributed by atoms with E-state index < -0.39 is 0 Å². The second-order valence-corrected chi connectivity index (χ2v) is 9.43. The molecular weight excluding hydrogens is 464 g/mol. The Bertz CT molecular complexity index is 1160. The van der Waals surface area contributed by atoms with E-state index in [1.807, 2.05) is 36.4 Å². The van der Waals surface area contributed by atoms with Crippen molar-refractivity contribution in [1.82, 2.24) is 20.4 Å². The van der Waals surface area contributed by atoms with Gasteiger partial charge in [0.25, 0.3) is 5.89 Å². The fourth-order valence-electron chi connectivity index (χ4n) is 4.08. The summed E-state index contributed by atoms with van der Waals surface area (Å²) >= 11 is 7.48. The molecule has 1 aromatic heterocycles. The minimum absolute atomic E-state index is 0.201. The van der Waals surface area contributed by atoms with Crippen LogP contribution in [-0.2, 0) is 0 Å². The molecule has 6 nitrogen and oxygen atoms in total. The molecule has 2 aromatic carbocycles. The third-order valence-corrected chi connectivity index (χ3v) is 7.12. The van der Waals surface area contributed by atoms with Crippen LogP contribution in [0.5, 0.6) is 5.75 Å². The van der Waals surface area contributed by atoms with Gasteiger partial charge in [0.1, 0.15) is 5.75 Å². The first-order chi connectivity index (χ1) is 16.5. The maximum Gasteiger partial charge on any atom is 0.258 e. The van der Waals surface area contributed by atoms with Crippen LogP contribution in [-0.4, -0.2) is 40.1 Å². The number of thioether (sulfide) groups is 1. The number of nitrogens with one attached hydrogen (secondary N) is 1. The predicted molar refractivity (Wildman–Crippen MR) is 142 cm³/mol. The second kappa shape index (κ2) is 11.1. The molecule has 0 aliphatic carbocycles. The van der Waals surface area contributed by atoms with Crippen LogP contribution in [0.25, 0.3) is 17.0 Å². The summed E-state index contributed by atoms with van der Waals surface area (Å²) in [7, 11) is 1.67. The fourth-order valence-corrected chi connectivity index (χ4v) is 4.84. The molecule has 0 bridgehead atoms. The first-order valence-electron chi connectivity index (χ1n) is 11.5. The SMILES string of the molecule is CCCCCN1C(=S)NC(c2ccc(OC)cc2)C(c2nc(-c3ccc(SC)cc3)no2)=C1C. The summed E-state index contributed by atoms with van der Waals surface area (Å²) in [5, 5.41) is 8.53. The molecule has 0 saturated carbocycles. The molecule has 4 rings (SSSR count). The summed E-state index contributed by atoms with van der Waals surface area (Å²) in [6.45, 7) is 5.13. The van der Waals surface area contributed by atoms with Gasteiger partial charge in [-0.1, -0.05) is 37.1 Å². The van der Waals surface area contributed by atoms with E-state index in [0.717, 1.165) is 54.0 Å². The van der Waals surface area contributed by atoms with Crippen molar-refractivity contribution in [3.63, 3.8) is 0 Å². The molecule has 1 atom stereocenters. The average molecular weight is 495 g/mol. The first kappa shape index (κ1) is 24.3. The van der Waals surface area contributed by atoms with Gasteiger partial charge in [0.05, 0.1) is 18.7 Å². The van der Waals surface area contributed by atoms with Crippen LogP contribution in [0.1, 0.15) is 50.6 Å². The number of nitrogens with zero attached hydrogens (tertiary/aromatic N) is 3. The largest absolute Gasteiger partial charge is 0.497 e. The molecule has 34 heavy (non-hydrogen) atoms. The minimum atomic E-state index is -0.201. The summed E-state index contributed by atoms with van der Waals surface area (Å²) in [6.07, 6.45) is 5.43. The molecule has 0 saturated heterocycles. The molecule has 8 heteroatoms. The molecule has 178 valence electrons. The number of rotatable bonds is 9. The Balaban J connectivity index is 1.74. The molecule has 0 amide bonds. The van der Waals surface area contributed by atoms with Crippen LogP contribution in [0.15, 0.2) is 63.6 Å². The van der Waals surface area contributed by atoms with E-state index in [0.29, 0.717) is 16.8 Å². The molecule has 1 unspecified atom stereocenters. The van der Waals surface area contributed by atoms with E-state index in [9.17, 15) is 0 Å². The second-order valence-electron chi connectivity index (χ2n) is 8.17. The van der Waals surface area contributed by atoms with Crippen molar-refractivity contribution in [3.8, 4) is 17.1 Å². The Morgan fingerprint density at radius 1 is 1.12 bits per heavy atom. The Morgan fingerprint density at radius 3 is 2.50 bits per heavy atom. The van der Waals surface area contributed by atoms with Crippen LogP contribution in [0, 0.1) is 0 Å². The fraction of sp³-hybridized carbons (Fsp3) is 0.346. The third kappa shape index (κ3) is 5.13. The standard InChI is InChI=1S/C26H30N4O2S2/c1-5-6-7-16-30-17(2)22(23(27-26(30)33)18-8-12-20(31-3)13-9-18)25-28-24(29-32-25)19-10-14-21(34-4)15-11-19/h8-15,23H,5-7,16H2,1-4H3,(H,27,33). The number of methoxy groups -OCH3 is 1. The normalized spacial score (nSPS) is 16.1. The van der Waals surface area contributed by atoms with Gasteiger partial charge in [-0.15, -0.1) is 11.8 Å². The summed E-state index contributed by atoms with van der Waals surface area (Å²) in [4.78, 5) is 8.14. The molecule has 2 heterocycles. The molecule has 1 N–H and O–H groups in total. The Hall–Kier alpha value is -2.84. The molecule has 0 spiro atoms. The number of ether oxygens (including phenoxy) is 1. The highest BCUT2D eigenvalue weighted by molar-refractivity contribution is 7.98. The van der Waals surface area contributed by atoms with E-state index >= 15 is 0 Å². The zero-order chi connectivity index (χ0) is 24.1. The number of hydrogen-bond acceptors (Lipinski definition) is 6. The molecular formula is C26H30N4O2S2. The van der Waals surface area contributed by atoms with Crippen LogP contribution in [0.2, 0.25) is 0 Å². The van der Waals surface area contributed by atoms with Crippen molar-refractivity contribution in [3.05, 3.63) is 65.7 Å². The number of unbranched alkanes of at least 4 members (excludes halogenated alkanes) is 2. The summed E-state index contributed by atoms with van der Waals surface area (Å²) in [6, 6.07) is 16.0. The topological polar surface area (TPSA) is 63.4 Å². The van der Waals surface area contributed by atoms with E-state index in [2.05, 4.69) is 47.6 Å². The van der Waals surface area contributed by atoms with Gasteiger partial charge in [-0.25, -0.2) is 0 Å². The summed E-state index contributed by atoms with van der Waals surface area (Å²) < 4.78 is 11.2. The van der Waals surface area contributed by atoms with Gasteiger partial charge in [-0.05, 0) is 73.8 Å². The number of thiocarbonyl (C=S) groups is 1. The molecule has 1 aliphatic rings. The maximum atomic E-state index is 5.83. The molecule has 1 aliphatic heterocycles. The van der Waals surface area contributed by atoms with Crippen molar-refractivity contribution < 1.29 is 9.26 Å². The van der Waals surface area contributed by atoms with E-state index in [4.69, 9.17) is 26.5 Å². The number of hydrogen-bond donors (Lipinski definition) is 1. The van der Waals surface area contributed by atoms with Gasteiger partial charge in [-0.2, -0.15) is 4.98 Å². The zero-order valence-corrected chi connectivity index (χ0v) is 21.6. The van der Waals surface area contributed by atoms with Crippen LogP contribution in [0.4, 0.5) is 0 Å². The quantitative estimate of drug-likeness (QED) is 0.211. The number of aromatic nitrogens is 2. The van der Waals surface area contributed by atoms with Crippen molar-refractivity contribution in [2.75, 3.05) is 19.9 Å². The lowest BCUT2D eigenvalue weighted by Crippen LogP contribution is -2.46. The van der Waals surface area contributed by atoms with Crippen molar-refractivity contribution in [2.45, 2.75) is 44.0 Å². The highest BCUT2D eigenvalue weighted by atomic mass is 32.2. The zero-order valence-electron chi connectivity index (χ0n) is 20.0. The number of allylic oxidation sites excluding steroid dienone is 1. The van der Waals surface area contributed by atoms with E-state index in [1.165, 1.54) is 4.90 Å². The Kier molecular flexibility index (Phi) is 7.90. The molecule has 3 aromatic rings. The highest BCUT2D eigenvalue weighted by Gasteiger charge is 2.33. The van der Waals surface area contributed by atoms with Gasteiger partial charge >= 0.3 is 0 Å². The molecule has 0 radical (unpaired) electrons. The van der Waals surface area contributed by atoms with Crippen molar-refractivity contribution in [2.24, 2.45) is 0 Å². The average Bonchev–Trinajstić information content (AvgIpc) is 3.35. The summed E-state index contributed by atoms with van der Waals surface area (Å²) in [5.41, 5.74) is 3.95. The maximum absolute atomic E-state index is 5.83. The number of benzene rings is 2. The van der Waals surface area contributed by atoms with E-state index in [-0.39, 0.29) is 6.04 Å². The highest BCUT2D eigenvalue weighted by Crippen LogP contribution is 2.38. The van der Waals surface area contributed by atoms with Gasteiger partial charge < -0.3 is 19.5 Å². The Morgan fingerprint density at radius 2 is 1.85 bits per heavy atom. The van der Waals surface area contributed by atoms with Crippen LogP contribution >= 0.6 is 24.0 Å². The lowest BCUT2D eigenvalue weighted by Gasteiger charge is -2.37. The minimum Gasteiger partial charge on any atom is -0.497 e. The Labute approximate surface area is 210 Å². The van der Waals surface area contributed by atoms with Gasteiger partial charge in [0, 0.05) is 22.7 Å². The van der Waals surface area contributed by atoms with Crippen LogP contribution < -0.4 is 10.1 Å². The predicted octanol–water partition coefficient (Wildman–Crippen LogP) is 6.32. The van der Waals surface area contributed by atoms with Gasteiger partial charge in [0.15, 0.2) is 5.11 Å². The van der Waals surface area contributed by atoms with E-state index in [1.54, 1.807) is 18.9 Å². The smallest absolute Gasteiger partial charge is 0.258 e. The van der Waals surface area contributed by atoms with Crippen LogP contribution in [0.3, 0.4) is 0 Å². The monoisotopic (exact) mass is 494 g/mol.